The highest BCUT2D eigenvalue weighted by atomic mass is 16.6. The average Bonchev–Trinajstić information content (AvgIpc) is 3.25. The Hall–Kier alpha value is -1.75. The van der Waals surface area contributed by atoms with Gasteiger partial charge >= 0.3 is 0 Å². The molecule has 162 valence electrons. The lowest BCUT2D eigenvalue weighted by Gasteiger charge is -2.30. The lowest BCUT2D eigenvalue weighted by molar-refractivity contribution is -0.122. The molecule has 5 heteroatoms. The number of likely N-dealkylation sites (tertiary alicyclic amines) is 1. The Morgan fingerprint density at radius 3 is 2.55 bits per heavy atom. The van der Waals surface area contributed by atoms with E-state index < -0.39 is 0 Å². The van der Waals surface area contributed by atoms with Crippen LogP contribution in [-0.4, -0.2) is 49.7 Å². The van der Waals surface area contributed by atoms with Crippen molar-refractivity contribution in [2.24, 2.45) is 0 Å². The molecule has 1 aromatic carbocycles. The predicted octanol–water partition coefficient (Wildman–Crippen LogP) is 4.50. The Morgan fingerprint density at radius 2 is 1.79 bits per heavy atom. The van der Waals surface area contributed by atoms with Gasteiger partial charge in [0.1, 0.15) is 13.2 Å². The number of carbonyl (C=O) groups excluding carboxylic acids is 1. The maximum Gasteiger partial charge on any atom is 0.220 e. The van der Waals surface area contributed by atoms with Crippen LogP contribution in [0.2, 0.25) is 0 Å². The molecule has 2 atom stereocenters. The smallest absolute Gasteiger partial charge is 0.220 e. The van der Waals surface area contributed by atoms with Gasteiger partial charge in [0.05, 0.1) is 0 Å². The molecule has 0 unspecified atom stereocenters. The lowest BCUT2D eigenvalue weighted by Crippen LogP contribution is -2.46. The van der Waals surface area contributed by atoms with Crippen LogP contribution in [0, 0.1) is 0 Å². The van der Waals surface area contributed by atoms with Crippen LogP contribution in [0.25, 0.3) is 0 Å². The van der Waals surface area contributed by atoms with E-state index in [2.05, 4.69) is 36.2 Å². The second-order valence-corrected chi connectivity index (χ2v) is 8.54. The molecule has 1 fully saturated rings. The summed E-state index contributed by atoms with van der Waals surface area (Å²) in [5.74, 6) is 2.05. The molecule has 0 aliphatic carbocycles. The van der Waals surface area contributed by atoms with E-state index in [1.807, 2.05) is 6.07 Å². The molecule has 0 aromatic heterocycles. The fraction of sp³-hybridized carbons (Fsp3) is 0.708. The van der Waals surface area contributed by atoms with E-state index in [-0.39, 0.29) is 17.9 Å². The van der Waals surface area contributed by atoms with Crippen LogP contribution in [-0.2, 0) is 4.79 Å². The highest BCUT2D eigenvalue weighted by molar-refractivity contribution is 5.76. The van der Waals surface area contributed by atoms with Crippen molar-refractivity contribution >= 4 is 5.91 Å². The largest absolute Gasteiger partial charge is 0.486 e. The SMILES string of the molecule is CCCCCCCC(=O)N[C@H](CN1CCCC1)[C@H](C)c1ccc2c(c1)OCCO2. The fourth-order valence-electron chi connectivity index (χ4n) is 4.32. The maximum absolute atomic E-state index is 12.7. The molecular formula is C24H38N2O3. The number of nitrogens with one attached hydrogen (secondary N) is 1. The normalized spacial score (nSPS) is 18.4. The van der Waals surface area contributed by atoms with Gasteiger partial charge in [-0.3, -0.25) is 4.79 Å². The van der Waals surface area contributed by atoms with Gasteiger partial charge in [0.15, 0.2) is 11.5 Å². The summed E-state index contributed by atoms with van der Waals surface area (Å²) in [6.45, 7) is 8.82. The van der Waals surface area contributed by atoms with Crippen LogP contribution in [0.3, 0.4) is 0 Å². The Bertz CT molecular complexity index is 643. The third kappa shape index (κ3) is 6.63. The van der Waals surface area contributed by atoms with E-state index >= 15 is 0 Å². The van der Waals surface area contributed by atoms with Crippen molar-refractivity contribution in [3.05, 3.63) is 23.8 Å². The number of hydrogen-bond donors (Lipinski definition) is 1. The molecule has 1 N–H and O–H groups in total. The molecule has 3 rings (SSSR count). The van der Waals surface area contributed by atoms with Crippen molar-refractivity contribution in [2.75, 3.05) is 32.8 Å². The topological polar surface area (TPSA) is 50.8 Å². The van der Waals surface area contributed by atoms with Gasteiger partial charge in [-0.15, -0.1) is 0 Å². The molecule has 5 nitrogen and oxygen atoms in total. The number of hydrogen-bond acceptors (Lipinski definition) is 4. The number of benzene rings is 1. The van der Waals surface area contributed by atoms with E-state index in [4.69, 9.17) is 9.47 Å². The van der Waals surface area contributed by atoms with Crippen LogP contribution >= 0.6 is 0 Å². The zero-order chi connectivity index (χ0) is 20.5. The number of amides is 1. The number of carbonyl (C=O) groups is 1. The molecule has 29 heavy (non-hydrogen) atoms. The maximum atomic E-state index is 12.7. The minimum absolute atomic E-state index is 0.110. The molecule has 0 saturated carbocycles. The van der Waals surface area contributed by atoms with Gasteiger partial charge in [-0.1, -0.05) is 45.6 Å². The molecule has 0 spiro atoms. The summed E-state index contributed by atoms with van der Waals surface area (Å²) in [6.07, 6.45) is 9.02. The minimum Gasteiger partial charge on any atom is -0.486 e. The molecule has 1 amide bonds. The Balaban J connectivity index is 1.61. The molecule has 2 heterocycles. The van der Waals surface area contributed by atoms with Crippen molar-refractivity contribution in [1.29, 1.82) is 0 Å². The molecule has 2 aliphatic rings. The first kappa shape index (κ1) is 21.9. The Morgan fingerprint density at radius 1 is 1.07 bits per heavy atom. The number of unbranched alkanes of at least 4 members (excludes halogenated alkanes) is 4. The van der Waals surface area contributed by atoms with Gasteiger partial charge in [-0.05, 0) is 50.0 Å². The second-order valence-electron chi connectivity index (χ2n) is 8.54. The molecule has 0 bridgehead atoms. The van der Waals surface area contributed by atoms with Crippen LogP contribution in [0.1, 0.15) is 76.7 Å². The first-order valence-corrected chi connectivity index (χ1v) is 11.6. The zero-order valence-corrected chi connectivity index (χ0v) is 18.3. The summed E-state index contributed by atoms with van der Waals surface area (Å²) in [7, 11) is 0. The third-order valence-corrected chi connectivity index (χ3v) is 6.20. The van der Waals surface area contributed by atoms with Gasteiger partial charge < -0.3 is 19.7 Å². The summed E-state index contributed by atoms with van der Waals surface area (Å²) in [4.78, 5) is 15.1. The Labute approximate surface area is 176 Å². The first-order valence-electron chi connectivity index (χ1n) is 11.6. The van der Waals surface area contributed by atoms with Gasteiger partial charge in [-0.2, -0.15) is 0 Å². The van der Waals surface area contributed by atoms with E-state index in [1.165, 1.54) is 37.7 Å². The van der Waals surface area contributed by atoms with Crippen molar-refractivity contribution in [3.8, 4) is 11.5 Å². The van der Waals surface area contributed by atoms with E-state index in [9.17, 15) is 4.79 Å². The quantitative estimate of drug-likeness (QED) is 0.554. The van der Waals surface area contributed by atoms with Gasteiger partial charge in [0.2, 0.25) is 5.91 Å². The number of fused-ring (bicyclic) bond motifs is 1. The van der Waals surface area contributed by atoms with E-state index in [1.54, 1.807) is 0 Å². The molecular weight excluding hydrogens is 364 g/mol. The molecule has 0 radical (unpaired) electrons. The summed E-state index contributed by atoms with van der Waals surface area (Å²) in [5.41, 5.74) is 1.20. The average molecular weight is 403 g/mol. The van der Waals surface area contributed by atoms with E-state index in [0.29, 0.717) is 19.6 Å². The standard InChI is InChI=1S/C24H38N2O3/c1-3-4-5-6-7-10-24(27)25-21(18-26-13-8-9-14-26)19(2)20-11-12-22-23(17-20)29-16-15-28-22/h11-12,17,19,21H,3-10,13-16,18H2,1-2H3,(H,25,27)/t19-,21-/m1/s1. The summed E-state index contributed by atoms with van der Waals surface area (Å²) in [6, 6.07) is 6.32. The molecule has 1 aromatic rings. The minimum atomic E-state index is 0.110. The number of ether oxygens (including phenoxy) is 2. The monoisotopic (exact) mass is 402 g/mol. The van der Waals surface area contributed by atoms with Crippen LogP contribution in [0.4, 0.5) is 0 Å². The van der Waals surface area contributed by atoms with Crippen molar-refractivity contribution < 1.29 is 14.3 Å². The van der Waals surface area contributed by atoms with Crippen molar-refractivity contribution in [3.63, 3.8) is 0 Å². The van der Waals surface area contributed by atoms with Crippen molar-refractivity contribution in [1.82, 2.24) is 10.2 Å². The molecule has 2 aliphatic heterocycles. The number of rotatable bonds is 11. The van der Waals surface area contributed by atoms with Gasteiger partial charge in [0.25, 0.3) is 0 Å². The third-order valence-electron chi connectivity index (χ3n) is 6.20. The fourth-order valence-corrected chi connectivity index (χ4v) is 4.32. The number of nitrogens with zero attached hydrogens (tertiary/aromatic N) is 1. The predicted molar refractivity (Wildman–Crippen MR) is 117 cm³/mol. The zero-order valence-electron chi connectivity index (χ0n) is 18.3. The van der Waals surface area contributed by atoms with Gasteiger partial charge in [-0.25, -0.2) is 0 Å². The van der Waals surface area contributed by atoms with Crippen molar-refractivity contribution in [2.45, 2.75) is 77.2 Å². The van der Waals surface area contributed by atoms with Crippen LogP contribution in [0.5, 0.6) is 11.5 Å². The van der Waals surface area contributed by atoms with E-state index in [0.717, 1.165) is 44.0 Å². The van der Waals surface area contributed by atoms with Gasteiger partial charge in [0, 0.05) is 24.9 Å². The van der Waals surface area contributed by atoms with Crippen LogP contribution in [0.15, 0.2) is 18.2 Å². The summed E-state index contributed by atoms with van der Waals surface area (Å²) >= 11 is 0. The summed E-state index contributed by atoms with van der Waals surface area (Å²) < 4.78 is 11.4. The highest BCUT2D eigenvalue weighted by Crippen LogP contribution is 2.34. The second kappa shape index (κ2) is 11.4. The van der Waals surface area contributed by atoms with Crippen LogP contribution < -0.4 is 14.8 Å². The lowest BCUT2D eigenvalue weighted by atomic mass is 9.92. The Kier molecular flexibility index (Phi) is 8.66. The molecule has 1 saturated heterocycles. The highest BCUT2D eigenvalue weighted by Gasteiger charge is 2.26. The summed E-state index contributed by atoms with van der Waals surface area (Å²) in [5, 5.41) is 3.36. The first-order chi connectivity index (χ1) is 14.2.